The van der Waals surface area contributed by atoms with E-state index in [4.69, 9.17) is 11.6 Å². The molecule has 1 heterocycles. The highest BCUT2D eigenvalue weighted by atomic mass is 79.9. The number of rotatable bonds is 3. The zero-order valence-corrected chi connectivity index (χ0v) is 13.3. The van der Waals surface area contributed by atoms with Crippen molar-refractivity contribution < 1.29 is 0 Å². The molecule has 0 bridgehead atoms. The number of benzene rings is 1. The van der Waals surface area contributed by atoms with Crippen LogP contribution >= 0.6 is 27.5 Å². The van der Waals surface area contributed by atoms with Gasteiger partial charge in [0.05, 0.1) is 5.69 Å². The Morgan fingerprint density at radius 3 is 2.61 bits per heavy atom. The molecule has 1 aromatic carbocycles. The van der Waals surface area contributed by atoms with Crippen molar-refractivity contribution >= 4 is 33.2 Å². The van der Waals surface area contributed by atoms with Crippen LogP contribution in [0.25, 0.3) is 0 Å². The fourth-order valence-electron chi connectivity index (χ4n) is 2.50. The third kappa shape index (κ3) is 3.19. The maximum absolute atomic E-state index is 5.86. The minimum Gasteiger partial charge on any atom is -0.371 e. The van der Waals surface area contributed by atoms with Gasteiger partial charge in [0.1, 0.15) is 0 Å². The molecule has 1 fully saturated rings. The van der Waals surface area contributed by atoms with Crippen molar-refractivity contribution in [2.24, 2.45) is 0 Å². The van der Waals surface area contributed by atoms with Gasteiger partial charge in [0.2, 0.25) is 0 Å². The van der Waals surface area contributed by atoms with Crippen LogP contribution in [0.1, 0.15) is 18.4 Å². The van der Waals surface area contributed by atoms with Crippen molar-refractivity contribution in [2.45, 2.75) is 24.8 Å². The monoisotopic (exact) mass is 330 g/mol. The van der Waals surface area contributed by atoms with Gasteiger partial charge in [-0.25, -0.2) is 0 Å². The molecule has 0 radical (unpaired) electrons. The first-order valence-electron chi connectivity index (χ1n) is 6.37. The molecular formula is C14H20BrClN2. The van der Waals surface area contributed by atoms with Crippen LogP contribution in [-0.4, -0.2) is 38.1 Å². The highest BCUT2D eigenvalue weighted by Gasteiger charge is 2.21. The molecule has 0 unspecified atom stereocenters. The summed E-state index contributed by atoms with van der Waals surface area (Å²) in [6, 6.07) is 7.03. The number of nitrogens with zero attached hydrogens (tertiary/aromatic N) is 2. The highest BCUT2D eigenvalue weighted by molar-refractivity contribution is 9.10. The summed E-state index contributed by atoms with van der Waals surface area (Å²) in [7, 11) is 4.39. The zero-order valence-electron chi connectivity index (χ0n) is 11.0. The number of anilines is 1. The first-order chi connectivity index (χ1) is 8.61. The number of hydrogen-bond donors (Lipinski definition) is 0. The first kappa shape index (κ1) is 14.2. The summed E-state index contributed by atoms with van der Waals surface area (Å²) in [5, 5.41) is 0. The smallest absolute Gasteiger partial charge is 0.0510 e. The maximum atomic E-state index is 5.86. The van der Waals surface area contributed by atoms with Gasteiger partial charge < -0.3 is 9.80 Å². The molecule has 4 heteroatoms. The number of hydrogen-bond acceptors (Lipinski definition) is 2. The van der Waals surface area contributed by atoms with Crippen LogP contribution in [-0.2, 0) is 5.88 Å². The normalized spacial score (nSPS) is 18.0. The maximum Gasteiger partial charge on any atom is 0.0510 e. The molecule has 0 saturated carbocycles. The second-order valence-electron chi connectivity index (χ2n) is 5.06. The minimum atomic E-state index is 0.566. The van der Waals surface area contributed by atoms with Gasteiger partial charge in [-0.2, -0.15) is 0 Å². The van der Waals surface area contributed by atoms with E-state index in [9.17, 15) is 0 Å². The fraction of sp³-hybridized carbons (Fsp3) is 0.571. The van der Waals surface area contributed by atoms with Gasteiger partial charge in [0.15, 0.2) is 0 Å². The molecule has 18 heavy (non-hydrogen) atoms. The van der Waals surface area contributed by atoms with E-state index >= 15 is 0 Å². The summed E-state index contributed by atoms with van der Waals surface area (Å²) in [6.07, 6.45) is 2.47. The topological polar surface area (TPSA) is 6.48 Å². The Balaban J connectivity index is 2.11. The Bertz CT molecular complexity index is 403. The SMILES string of the molecule is CN1CCC(N(C)c2ccc(CCl)cc2Br)CC1. The van der Waals surface area contributed by atoms with E-state index in [0.29, 0.717) is 11.9 Å². The number of alkyl halides is 1. The molecule has 0 spiro atoms. The van der Waals surface area contributed by atoms with Gasteiger partial charge in [-0.3, -0.25) is 0 Å². The van der Waals surface area contributed by atoms with E-state index in [0.717, 1.165) is 10.0 Å². The second-order valence-corrected chi connectivity index (χ2v) is 6.19. The van der Waals surface area contributed by atoms with Crippen molar-refractivity contribution in [3.63, 3.8) is 0 Å². The number of halogens is 2. The molecule has 2 nitrogen and oxygen atoms in total. The number of likely N-dealkylation sites (tertiary alicyclic amines) is 1. The quantitative estimate of drug-likeness (QED) is 0.779. The standard InChI is InChI=1S/C14H20BrClN2/c1-17-7-5-12(6-8-17)18(2)14-4-3-11(10-16)9-13(14)15/h3-4,9,12H,5-8,10H2,1-2H3. The Morgan fingerprint density at radius 2 is 2.06 bits per heavy atom. The molecular weight excluding hydrogens is 312 g/mol. The van der Waals surface area contributed by atoms with E-state index in [1.165, 1.54) is 31.6 Å². The van der Waals surface area contributed by atoms with Crippen molar-refractivity contribution in [1.29, 1.82) is 0 Å². The molecule has 1 aromatic rings. The fourth-order valence-corrected chi connectivity index (χ4v) is 3.37. The molecule has 1 aliphatic rings. The lowest BCUT2D eigenvalue weighted by Crippen LogP contribution is -2.42. The van der Waals surface area contributed by atoms with Gasteiger partial charge in [-0.1, -0.05) is 6.07 Å². The molecule has 0 amide bonds. The van der Waals surface area contributed by atoms with Crippen LogP contribution < -0.4 is 4.90 Å². The molecule has 0 N–H and O–H groups in total. The van der Waals surface area contributed by atoms with E-state index < -0.39 is 0 Å². The van der Waals surface area contributed by atoms with Crippen LogP contribution in [0.2, 0.25) is 0 Å². The van der Waals surface area contributed by atoms with E-state index in [1.54, 1.807) is 0 Å². The summed E-state index contributed by atoms with van der Waals surface area (Å²) in [4.78, 5) is 4.80. The molecule has 0 atom stereocenters. The molecule has 2 rings (SSSR count). The molecule has 1 aliphatic heterocycles. The summed E-state index contributed by atoms with van der Waals surface area (Å²) in [5.74, 6) is 0.566. The van der Waals surface area contributed by atoms with Crippen LogP contribution in [0.5, 0.6) is 0 Å². The van der Waals surface area contributed by atoms with Gasteiger partial charge in [0, 0.05) is 23.4 Å². The average Bonchev–Trinajstić information content (AvgIpc) is 2.38. The average molecular weight is 332 g/mol. The molecule has 0 aromatic heterocycles. The predicted molar refractivity (Wildman–Crippen MR) is 82.6 cm³/mol. The molecule has 100 valence electrons. The van der Waals surface area contributed by atoms with Crippen molar-refractivity contribution in [3.8, 4) is 0 Å². The lowest BCUT2D eigenvalue weighted by atomic mass is 10.0. The predicted octanol–water partition coefficient (Wildman–Crippen LogP) is 3.72. The zero-order chi connectivity index (χ0) is 13.1. The third-order valence-corrected chi connectivity index (χ3v) is 4.73. The Morgan fingerprint density at radius 1 is 1.39 bits per heavy atom. The Hall–Kier alpha value is -0.250. The van der Waals surface area contributed by atoms with Crippen LogP contribution in [0.3, 0.4) is 0 Å². The number of piperidine rings is 1. The highest BCUT2D eigenvalue weighted by Crippen LogP contribution is 2.30. The molecule has 1 saturated heterocycles. The van der Waals surface area contributed by atoms with E-state index in [2.05, 4.69) is 58.0 Å². The first-order valence-corrected chi connectivity index (χ1v) is 7.70. The Labute approximate surface area is 123 Å². The minimum absolute atomic E-state index is 0.566. The van der Waals surface area contributed by atoms with Crippen LogP contribution in [0, 0.1) is 0 Å². The Kier molecular flexibility index (Phi) is 4.93. The van der Waals surface area contributed by atoms with E-state index in [-0.39, 0.29) is 0 Å². The van der Waals surface area contributed by atoms with Gasteiger partial charge >= 0.3 is 0 Å². The van der Waals surface area contributed by atoms with Crippen molar-refractivity contribution in [2.75, 3.05) is 32.1 Å². The molecule has 0 aliphatic carbocycles. The summed E-state index contributed by atoms with van der Waals surface area (Å²) in [5.41, 5.74) is 2.42. The lowest BCUT2D eigenvalue weighted by Gasteiger charge is -2.36. The largest absolute Gasteiger partial charge is 0.371 e. The van der Waals surface area contributed by atoms with Crippen LogP contribution in [0.15, 0.2) is 22.7 Å². The van der Waals surface area contributed by atoms with E-state index in [1.807, 2.05) is 0 Å². The summed E-state index contributed by atoms with van der Waals surface area (Å²) >= 11 is 9.51. The van der Waals surface area contributed by atoms with Gasteiger partial charge in [-0.05, 0) is 66.6 Å². The van der Waals surface area contributed by atoms with Crippen molar-refractivity contribution in [3.05, 3.63) is 28.2 Å². The van der Waals surface area contributed by atoms with Gasteiger partial charge in [0.25, 0.3) is 0 Å². The van der Waals surface area contributed by atoms with Crippen LogP contribution in [0.4, 0.5) is 5.69 Å². The third-order valence-electron chi connectivity index (χ3n) is 3.78. The second kappa shape index (κ2) is 6.27. The van der Waals surface area contributed by atoms with Crippen molar-refractivity contribution in [1.82, 2.24) is 4.90 Å². The lowest BCUT2D eigenvalue weighted by molar-refractivity contribution is 0.253. The summed E-state index contributed by atoms with van der Waals surface area (Å²) in [6.45, 7) is 2.37. The summed E-state index contributed by atoms with van der Waals surface area (Å²) < 4.78 is 1.14. The van der Waals surface area contributed by atoms with Gasteiger partial charge in [-0.15, -0.1) is 11.6 Å².